The van der Waals surface area contributed by atoms with Crippen LogP contribution in [0, 0.1) is 0 Å². The summed E-state index contributed by atoms with van der Waals surface area (Å²) in [5.74, 6) is 0. The van der Waals surface area contributed by atoms with E-state index in [4.69, 9.17) is 33.2 Å². The standard InChI is InChI=1S/C20H20Cl2N2/c21-17-9-3-1-7-15(17)13-23-19-11-5-6-12-20(19)24-14-16-8-2-4-10-18(16)22/h1-4,7-10,13-14,19-20H,5-6,11-12H2. The highest BCUT2D eigenvalue weighted by atomic mass is 35.5. The Morgan fingerprint density at radius 3 is 1.54 bits per heavy atom. The first-order valence-electron chi connectivity index (χ1n) is 8.29. The average molecular weight is 359 g/mol. The van der Waals surface area contributed by atoms with E-state index in [1.54, 1.807) is 0 Å². The van der Waals surface area contributed by atoms with Gasteiger partial charge in [-0.05, 0) is 25.0 Å². The largest absolute Gasteiger partial charge is 0.287 e. The first-order chi connectivity index (χ1) is 11.7. The maximum absolute atomic E-state index is 6.20. The molecule has 1 aliphatic rings. The molecule has 0 aliphatic heterocycles. The van der Waals surface area contributed by atoms with Crippen molar-refractivity contribution >= 4 is 35.6 Å². The minimum atomic E-state index is 0.203. The van der Waals surface area contributed by atoms with Gasteiger partial charge < -0.3 is 0 Å². The Morgan fingerprint density at radius 1 is 0.708 bits per heavy atom. The van der Waals surface area contributed by atoms with Crippen LogP contribution in [0.3, 0.4) is 0 Å². The van der Waals surface area contributed by atoms with Crippen molar-refractivity contribution in [2.75, 3.05) is 0 Å². The number of hydrogen-bond acceptors (Lipinski definition) is 2. The maximum Gasteiger partial charge on any atom is 0.0723 e. The molecule has 0 amide bonds. The van der Waals surface area contributed by atoms with E-state index in [-0.39, 0.29) is 12.1 Å². The van der Waals surface area contributed by atoms with Gasteiger partial charge in [0.2, 0.25) is 0 Å². The Bertz CT molecular complexity index is 676. The smallest absolute Gasteiger partial charge is 0.0723 e. The minimum Gasteiger partial charge on any atom is -0.287 e. The second-order valence-corrected chi connectivity index (χ2v) is 6.83. The Hall–Kier alpha value is -1.64. The SMILES string of the molecule is Clc1ccccc1C=NC1CCCCC1N=Cc1ccccc1Cl. The van der Waals surface area contributed by atoms with Crippen LogP contribution >= 0.6 is 23.2 Å². The third-order valence-electron chi connectivity index (χ3n) is 4.31. The van der Waals surface area contributed by atoms with Crippen molar-refractivity contribution in [3.05, 3.63) is 69.7 Å². The first-order valence-corrected chi connectivity index (χ1v) is 9.05. The molecule has 1 fully saturated rings. The molecular formula is C20H20Cl2N2. The van der Waals surface area contributed by atoms with Gasteiger partial charge in [-0.3, -0.25) is 9.98 Å². The number of rotatable bonds is 4. The Morgan fingerprint density at radius 2 is 1.12 bits per heavy atom. The van der Waals surface area contributed by atoms with Crippen LogP contribution in [-0.4, -0.2) is 24.5 Å². The van der Waals surface area contributed by atoms with Crippen molar-refractivity contribution in [2.24, 2.45) is 9.98 Å². The lowest BCUT2D eigenvalue weighted by Crippen LogP contribution is -2.27. The molecule has 2 aromatic carbocycles. The van der Waals surface area contributed by atoms with Gasteiger partial charge in [-0.15, -0.1) is 0 Å². The average Bonchev–Trinajstić information content (AvgIpc) is 2.61. The third kappa shape index (κ3) is 4.46. The monoisotopic (exact) mass is 358 g/mol. The Labute approximate surface area is 153 Å². The molecule has 0 bridgehead atoms. The first kappa shape index (κ1) is 17.2. The van der Waals surface area contributed by atoms with Gasteiger partial charge in [0.25, 0.3) is 0 Å². The summed E-state index contributed by atoms with van der Waals surface area (Å²) >= 11 is 12.4. The number of hydrogen-bond donors (Lipinski definition) is 0. The maximum atomic E-state index is 6.20. The van der Waals surface area contributed by atoms with E-state index in [9.17, 15) is 0 Å². The van der Waals surface area contributed by atoms with Crippen LogP contribution in [0.1, 0.15) is 36.8 Å². The van der Waals surface area contributed by atoms with Crippen LogP contribution in [0.5, 0.6) is 0 Å². The molecule has 0 saturated heterocycles. The van der Waals surface area contributed by atoms with Crippen LogP contribution in [0.25, 0.3) is 0 Å². The molecule has 124 valence electrons. The predicted molar refractivity (Wildman–Crippen MR) is 104 cm³/mol. The lowest BCUT2D eigenvalue weighted by atomic mass is 9.91. The molecule has 0 radical (unpaired) electrons. The van der Waals surface area contributed by atoms with Crippen LogP contribution < -0.4 is 0 Å². The van der Waals surface area contributed by atoms with E-state index in [1.165, 1.54) is 12.8 Å². The van der Waals surface area contributed by atoms with Gasteiger partial charge in [0.15, 0.2) is 0 Å². The van der Waals surface area contributed by atoms with Gasteiger partial charge in [0.05, 0.1) is 12.1 Å². The summed E-state index contributed by atoms with van der Waals surface area (Å²) in [5.41, 5.74) is 1.91. The van der Waals surface area contributed by atoms with E-state index < -0.39 is 0 Å². The highest BCUT2D eigenvalue weighted by Gasteiger charge is 2.23. The third-order valence-corrected chi connectivity index (χ3v) is 5.00. The van der Waals surface area contributed by atoms with Gasteiger partial charge in [-0.25, -0.2) is 0 Å². The summed E-state index contributed by atoms with van der Waals surface area (Å²) in [7, 11) is 0. The van der Waals surface area contributed by atoms with Crippen molar-refractivity contribution in [2.45, 2.75) is 37.8 Å². The second-order valence-electron chi connectivity index (χ2n) is 6.02. The molecule has 0 N–H and O–H groups in total. The zero-order valence-corrected chi connectivity index (χ0v) is 14.9. The van der Waals surface area contributed by atoms with E-state index in [0.29, 0.717) is 0 Å². The number of nitrogens with zero attached hydrogens (tertiary/aromatic N) is 2. The lowest BCUT2D eigenvalue weighted by molar-refractivity contribution is 0.390. The molecule has 3 rings (SSSR count). The zero-order valence-electron chi connectivity index (χ0n) is 13.4. The van der Waals surface area contributed by atoms with Crippen molar-refractivity contribution < 1.29 is 0 Å². The summed E-state index contributed by atoms with van der Waals surface area (Å²) < 4.78 is 0. The molecule has 2 aromatic rings. The fourth-order valence-corrected chi connectivity index (χ4v) is 3.32. The molecule has 2 unspecified atom stereocenters. The number of aliphatic imine (C=N–C) groups is 2. The molecule has 2 atom stereocenters. The summed E-state index contributed by atoms with van der Waals surface area (Å²) in [5, 5.41) is 1.46. The molecule has 0 spiro atoms. The van der Waals surface area contributed by atoms with Crippen LogP contribution in [0.4, 0.5) is 0 Å². The van der Waals surface area contributed by atoms with Crippen molar-refractivity contribution in [3.63, 3.8) is 0 Å². The summed E-state index contributed by atoms with van der Waals surface area (Å²) in [6.45, 7) is 0. The molecule has 1 aliphatic carbocycles. The van der Waals surface area contributed by atoms with Gasteiger partial charge in [0, 0.05) is 33.6 Å². The second kappa shape index (κ2) is 8.46. The molecule has 2 nitrogen and oxygen atoms in total. The molecule has 4 heteroatoms. The highest BCUT2D eigenvalue weighted by molar-refractivity contribution is 6.33. The van der Waals surface area contributed by atoms with E-state index in [2.05, 4.69) is 0 Å². The fourth-order valence-electron chi connectivity index (χ4n) is 2.95. The molecule has 0 aromatic heterocycles. The number of benzene rings is 2. The normalized spacial score (nSPS) is 21.6. The Kier molecular flexibility index (Phi) is 6.06. The van der Waals surface area contributed by atoms with Gasteiger partial charge >= 0.3 is 0 Å². The van der Waals surface area contributed by atoms with Gasteiger partial charge in [-0.1, -0.05) is 72.4 Å². The van der Waals surface area contributed by atoms with Crippen molar-refractivity contribution in [1.82, 2.24) is 0 Å². The van der Waals surface area contributed by atoms with Crippen LogP contribution in [-0.2, 0) is 0 Å². The van der Waals surface area contributed by atoms with E-state index in [1.807, 2.05) is 61.0 Å². The number of halogens is 2. The van der Waals surface area contributed by atoms with Crippen molar-refractivity contribution in [1.29, 1.82) is 0 Å². The van der Waals surface area contributed by atoms with E-state index >= 15 is 0 Å². The topological polar surface area (TPSA) is 24.7 Å². The quantitative estimate of drug-likeness (QED) is 0.613. The van der Waals surface area contributed by atoms with Crippen LogP contribution in [0.15, 0.2) is 58.5 Å². The lowest BCUT2D eigenvalue weighted by Gasteiger charge is -2.25. The molecule has 1 saturated carbocycles. The predicted octanol–water partition coefficient (Wildman–Crippen LogP) is 5.84. The van der Waals surface area contributed by atoms with Gasteiger partial charge in [0.1, 0.15) is 0 Å². The molecule has 0 heterocycles. The summed E-state index contributed by atoms with van der Waals surface area (Å²) in [6, 6.07) is 15.9. The summed E-state index contributed by atoms with van der Waals surface area (Å²) in [6.07, 6.45) is 8.29. The minimum absolute atomic E-state index is 0.203. The Balaban J connectivity index is 1.74. The van der Waals surface area contributed by atoms with Crippen LogP contribution in [0.2, 0.25) is 10.0 Å². The zero-order chi connectivity index (χ0) is 16.8. The fraction of sp³-hybridized carbons (Fsp3) is 0.300. The summed E-state index contributed by atoms with van der Waals surface area (Å²) in [4.78, 5) is 9.55. The molecule has 24 heavy (non-hydrogen) atoms. The van der Waals surface area contributed by atoms with E-state index in [0.717, 1.165) is 34.0 Å². The van der Waals surface area contributed by atoms with Gasteiger partial charge in [-0.2, -0.15) is 0 Å². The highest BCUT2D eigenvalue weighted by Crippen LogP contribution is 2.25. The molecular weight excluding hydrogens is 339 g/mol. The van der Waals surface area contributed by atoms with Crippen molar-refractivity contribution in [3.8, 4) is 0 Å².